The smallest absolute Gasteiger partial charge is 0.151 e. The molecule has 1 heterocycles. The average Bonchev–Trinajstić information content (AvgIpc) is 2.81. The summed E-state index contributed by atoms with van der Waals surface area (Å²) in [5, 5.41) is 14.1. The van der Waals surface area contributed by atoms with Crippen LogP contribution in [0.3, 0.4) is 0 Å². The van der Waals surface area contributed by atoms with Gasteiger partial charge in [0.1, 0.15) is 0 Å². The Bertz CT molecular complexity index is 450. The third kappa shape index (κ3) is 1.96. The van der Waals surface area contributed by atoms with Gasteiger partial charge in [-0.25, -0.2) is 5.10 Å². The molecule has 0 aliphatic carbocycles. The molecule has 0 saturated heterocycles. The van der Waals surface area contributed by atoms with Crippen molar-refractivity contribution in [1.82, 2.24) is 20.6 Å². The molecule has 0 fully saturated rings. The van der Waals surface area contributed by atoms with E-state index >= 15 is 0 Å². The van der Waals surface area contributed by atoms with Crippen molar-refractivity contribution in [1.29, 1.82) is 0 Å². The molecule has 2 unspecified atom stereocenters. The summed E-state index contributed by atoms with van der Waals surface area (Å²) in [6, 6.07) is 8.44. The number of nitrogens with zero attached hydrogens (tertiary/aromatic N) is 3. The maximum Gasteiger partial charge on any atom is 0.151 e. The fourth-order valence-corrected chi connectivity index (χ4v) is 1.96. The maximum absolute atomic E-state index is 3.98. The Morgan fingerprint density at radius 3 is 2.50 bits per heavy atom. The van der Waals surface area contributed by atoms with Crippen LogP contribution in [0, 0.1) is 6.92 Å². The van der Waals surface area contributed by atoms with E-state index in [9.17, 15) is 0 Å². The highest BCUT2D eigenvalue weighted by molar-refractivity contribution is 5.30. The monoisotopic (exact) mass is 216 g/mol. The number of rotatable bonds is 3. The van der Waals surface area contributed by atoms with Crippen LogP contribution in [0.4, 0.5) is 0 Å². The first-order valence-corrected chi connectivity index (χ1v) is 5.49. The molecule has 1 aromatic heterocycles. The molecule has 2 atom stereocenters. The topological polar surface area (TPSA) is 54.5 Å². The molecule has 1 aromatic carbocycles. The van der Waals surface area contributed by atoms with E-state index in [1.807, 2.05) is 0 Å². The number of aromatic amines is 1. The highest BCUT2D eigenvalue weighted by Gasteiger charge is 2.20. The summed E-state index contributed by atoms with van der Waals surface area (Å²) in [5.41, 5.74) is 2.67. The molecule has 0 aliphatic rings. The van der Waals surface area contributed by atoms with E-state index in [0.717, 1.165) is 5.82 Å². The molecule has 4 nitrogen and oxygen atoms in total. The zero-order valence-corrected chi connectivity index (χ0v) is 9.81. The number of hydrogen-bond donors (Lipinski definition) is 1. The van der Waals surface area contributed by atoms with Crippen LogP contribution in [0.15, 0.2) is 24.3 Å². The zero-order chi connectivity index (χ0) is 11.5. The van der Waals surface area contributed by atoms with Crippen molar-refractivity contribution in [3.8, 4) is 0 Å². The molecule has 0 radical (unpaired) electrons. The average molecular weight is 216 g/mol. The molecule has 84 valence electrons. The Hall–Kier alpha value is -1.71. The molecule has 0 saturated carbocycles. The molecule has 0 amide bonds. The molecule has 0 spiro atoms. The van der Waals surface area contributed by atoms with Crippen LogP contribution in [-0.2, 0) is 0 Å². The Kier molecular flexibility index (Phi) is 2.99. The first kappa shape index (κ1) is 10.8. The van der Waals surface area contributed by atoms with E-state index in [4.69, 9.17) is 0 Å². The number of benzene rings is 1. The number of nitrogens with one attached hydrogen (secondary N) is 1. The number of H-pyrrole nitrogens is 1. The third-order valence-electron chi connectivity index (χ3n) is 3.22. The van der Waals surface area contributed by atoms with Crippen LogP contribution in [-0.4, -0.2) is 20.6 Å². The molecule has 4 heteroatoms. The summed E-state index contributed by atoms with van der Waals surface area (Å²) < 4.78 is 0. The fraction of sp³-hybridized carbons (Fsp3) is 0.417. The molecule has 2 aromatic rings. The molecule has 0 bridgehead atoms. The van der Waals surface area contributed by atoms with Gasteiger partial charge >= 0.3 is 0 Å². The highest BCUT2D eigenvalue weighted by atomic mass is 15.5. The van der Waals surface area contributed by atoms with Gasteiger partial charge in [-0.1, -0.05) is 38.1 Å². The van der Waals surface area contributed by atoms with Crippen LogP contribution < -0.4 is 0 Å². The maximum atomic E-state index is 3.98. The van der Waals surface area contributed by atoms with Gasteiger partial charge in [0.05, 0.1) is 0 Å². The van der Waals surface area contributed by atoms with E-state index < -0.39 is 0 Å². The van der Waals surface area contributed by atoms with Gasteiger partial charge in [0.2, 0.25) is 0 Å². The third-order valence-corrected chi connectivity index (χ3v) is 3.22. The number of hydrogen-bond acceptors (Lipinski definition) is 3. The summed E-state index contributed by atoms with van der Waals surface area (Å²) in [4.78, 5) is 0. The molecule has 1 N–H and O–H groups in total. The van der Waals surface area contributed by atoms with Gasteiger partial charge in [-0.3, -0.25) is 0 Å². The van der Waals surface area contributed by atoms with Crippen LogP contribution >= 0.6 is 0 Å². The van der Waals surface area contributed by atoms with Crippen LogP contribution in [0.25, 0.3) is 0 Å². The van der Waals surface area contributed by atoms with E-state index in [0.29, 0.717) is 5.92 Å². The molecular weight excluding hydrogens is 200 g/mol. The lowest BCUT2D eigenvalue weighted by molar-refractivity contribution is 0.587. The van der Waals surface area contributed by atoms with Gasteiger partial charge < -0.3 is 0 Å². The van der Waals surface area contributed by atoms with Gasteiger partial charge in [-0.05, 0) is 34.4 Å². The Morgan fingerprint density at radius 1 is 1.12 bits per heavy atom. The lowest BCUT2D eigenvalue weighted by Gasteiger charge is -2.19. The molecule has 0 aliphatic heterocycles. The van der Waals surface area contributed by atoms with Crippen molar-refractivity contribution >= 4 is 0 Å². The number of aromatic nitrogens is 4. The van der Waals surface area contributed by atoms with Crippen molar-refractivity contribution in [2.75, 3.05) is 0 Å². The summed E-state index contributed by atoms with van der Waals surface area (Å²) >= 11 is 0. The van der Waals surface area contributed by atoms with E-state index in [1.165, 1.54) is 11.1 Å². The predicted molar refractivity (Wildman–Crippen MR) is 62.2 cm³/mol. The number of aryl methyl sites for hydroxylation is 1. The lowest BCUT2D eigenvalue weighted by atomic mass is 9.86. The predicted octanol–water partition coefficient (Wildman–Crippen LogP) is 2.42. The minimum atomic E-state index is 0.288. The largest absolute Gasteiger partial charge is 0.243 e. The number of tetrazole rings is 1. The quantitative estimate of drug-likeness (QED) is 0.857. The Balaban J connectivity index is 2.26. The van der Waals surface area contributed by atoms with E-state index in [1.54, 1.807) is 0 Å². The van der Waals surface area contributed by atoms with Gasteiger partial charge in [0, 0.05) is 5.92 Å². The molecule has 16 heavy (non-hydrogen) atoms. The minimum absolute atomic E-state index is 0.288. The van der Waals surface area contributed by atoms with Crippen LogP contribution in [0.2, 0.25) is 0 Å². The fourth-order valence-electron chi connectivity index (χ4n) is 1.96. The second-order valence-electron chi connectivity index (χ2n) is 4.22. The highest BCUT2D eigenvalue weighted by Crippen LogP contribution is 2.31. The zero-order valence-electron chi connectivity index (χ0n) is 9.81. The van der Waals surface area contributed by atoms with Gasteiger partial charge in [-0.2, -0.15) is 0 Å². The first-order valence-electron chi connectivity index (χ1n) is 5.49. The van der Waals surface area contributed by atoms with Crippen molar-refractivity contribution in [3.63, 3.8) is 0 Å². The second-order valence-corrected chi connectivity index (χ2v) is 4.22. The minimum Gasteiger partial charge on any atom is -0.243 e. The van der Waals surface area contributed by atoms with E-state index in [2.05, 4.69) is 65.7 Å². The standard InChI is InChI=1S/C12H16N4/c1-8-6-4-5-7-11(8)9(2)10(3)12-13-15-16-14-12/h4-7,9-10H,1-3H3,(H,13,14,15,16). The van der Waals surface area contributed by atoms with Crippen LogP contribution in [0.5, 0.6) is 0 Å². The van der Waals surface area contributed by atoms with Crippen LogP contribution in [0.1, 0.15) is 42.6 Å². The Labute approximate surface area is 95.1 Å². The summed E-state index contributed by atoms with van der Waals surface area (Å²) in [6.07, 6.45) is 0. The van der Waals surface area contributed by atoms with Gasteiger partial charge in [0.25, 0.3) is 0 Å². The SMILES string of the molecule is Cc1ccccc1C(C)C(C)c1nnn[nH]1. The van der Waals surface area contributed by atoms with Crippen molar-refractivity contribution in [2.24, 2.45) is 0 Å². The van der Waals surface area contributed by atoms with Gasteiger partial charge in [-0.15, -0.1) is 5.10 Å². The second kappa shape index (κ2) is 4.43. The summed E-state index contributed by atoms with van der Waals surface area (Å²) in [6.45, 7) is 6.48. The van der Waals surface area contributed by atoms with Crippen molar-refractivity contribution < 1.29 is 0 Å². The van der Waals surface area contributed by atoms with Crippen molar-refractivity contribution in [2.45, 2.75) is 32.6 Å². The molecule has 2 rings (SSSR count). The van der Waals surface area contributed by atoms with E-state index in [-0.39, 0.29) is 5.92 Å². The first-order chi connectivity index (χ1) is 7.70. The van der Waals surface area contributed by atoms with Gasteiger partial charge in [0.15, 0.2) is 5.82 Å². The summed E-state index contributed by atoms with van der Waals surface area (Å²) in [7, 11) is 0. The Morgan fingerprint density at radius 2 is 1.88 bits per heavy atom. The van der Waals surface area contributed by atoms with Crippen molar-refractivity contribution in [3.05, 3.63) is 41.2 Å². The molecular formula is C12H16N4. The summed E-state index contributed by atoms with van der Waals surface area (Å²) in [5.74, 6) is 1.53. The normalized spacial score (nSPS) is 14.7. The lowest BCUT2D eigenvalue weighted by Crippen LogP contribution is -2.08.